The largest absolute Gasteiger partial charge is 0.457 e. The van der Waals surface area contributed by atoms with Crippen molar-refractivity contribution in [3.63, 3.8) is 0 Å². The molecule has 9 nitrogen and oxygen atoms in total. The monoisotopic (exact) mass is 660 g/mol. The number of benzene rings is 3. The van der Waals surface area contributed by atoms with E-state index in [1.54, 1.807) is 0 Å². The third-order valence-corrected chi connectivity index (χ3v) is 7.96. The predicted molar refractivity (Wildman–Crippen MR) is 179 cm³/mol. The van der Waals surface area contributed by atoms with Crippen LogP contribution in [0.5, 0.6) is 0 Å². The van der Waals surface area contributed by atoms with Crippen molar-refractivity contribution in [2.75, 3.05) is 0 Å². The molecule has 48 heavy (non-hydrogen) atoms. The lowest BCUT2D eigenvalue weighted by atomic mass is 9.83. The van der Waals surface area contributed by atoms with Crippen molar-refractivity contribution in [2.24, 2.45) is 0 Å². The van der Waals surface area contributed by atoms with Gasteiger partial charge in [-0.25, -0.2) is 0 Å². The number of carbonyl (C=O) groups excluding carboxylic acids is 3. The lowest BCUT2D eigenvalue weighted by Gasteiger charge is -2.48. The highest BCUT2D eigenvalue weighted by Crippen LogP contribution is 2.36. The zero-order chi connectivity index (χ0) is 34.1. The summed E-state index contributed by atoms with van der Waals surface area (Å²) in [6.45, 7) is 6.05. The molecule has 0 amide bonds. The van der Waals surface area contributed by atoms with Crippen LogP contribution in [0.4, 0.5) is 0 Å². The molecule has 4 rings (SSSR count). The van der Waals surface area contributed by atoms with Crippen molar-refractivity contribution in [3.05, 3.63) is 108 Å². The van der Waals surface area contributed by atoms with E-state index in [0.29, 0.717) is 19.3 Å². The minimum Gasteiger partial charge on any atom is -0.457 e. The summed E-state index contributed by atoms with van der Waals surface area (Å²) < 4.78 is 38.2. The normalized spacial score (nSPS) is 22.1. The minimum atomic E-state index is -1.16. The SMILES string of the molecule is CCCC(=O)O[C@H]1[C@@H](OCc2ccccc2)[C@H](OCc2ccccc2)[C@@H](OC(=O)CCC)[C@H](OC(=O)CCC)[C@H]1OCc1ccccc1. The predicted octanol–water partition coefficient (Wildman–Crippen LogP) is 6.89. The molecule has 0 N–H and O–H groups in total. The maximum atomic E-state index is 13.2. The molecule has 1 saturated carbocycles. The van der Waals surface area contributed by atoms with Gasteiger partial charge in [0.1, 0.15) is 18.3 Å². The van der Waals surface area contributed by atoms with E-state index in [9.17, 15) is 14.4 Å². The molecule has 0 heterocycles. The number of rotatable bonds is 18. The number of carbonyl (C=O) groups is 3. The minimum absolute atomic E-state index is 0.117. The van der Waals surface area contributed by atoms with Crippen molar-refractivity contribution in [1.82, 2.24) is 0 Å². The zero-order valence-corrected chi connectivity index (χ0v) is 28.2. The summed E-state index contributed by atoms with van der Waals surface area (Å²) in [5.41, 5.74) is 2.62. The van der Waals surface area contributed by atoms with Gasteiger partial charge in [-0.2, -0.15) is 0 Å². The molecule has 3 aromatic carbocycles. The van der Waals surface area contributed by atoms with Gasteiger partial charge in [-0.05, 0) is 36.0 Å². The summed E-state index contributed by atoms with van der Waals surface area (Å²) in [4.78, 5) is 39.7. The van der Waals surface area contributed by atoms with Crippen LogP contribution in [0.15, 0.2) is 91.0 Å². The van der Waals surface area contributed by atoms with Crippen LogP contribution in [0.1, 0.15) is 76.0 Å². The molecule has 0 unspecified atom stereocenters. The van der Waals surface area contributed by atoms with Crippen molar-refractivity contribution < 1.29 is 42.8 Å². The second-order valence-corrected chi connectivity index (χ2v) is 11.9. The first kappa shape index (κ1) is 36.8. The first-order valence-electron chi connectivity index (χ1n) is 17.0. The summed E-state index contributed by atoms with van der Waals surface area (Å²) in [7, 11) is 0. The standard InChI is InChI=1S/C39H48O9/c1-4-16-31(40)46-37-34(43-25-28-19-10-7-11-20-28)35(44-26-29-21-12-8-13-22-29)38(47-32(41)17-5-2)39(48-33(42)18-6-3)36(37)45-27-30-23-14-9-15-24-30/h7-15,19-24,34-39H,4-6,16-18,25-27H2,1-3H3/t34-,35-,36-,37-,38+,39+/m0/s1. The number of ether oxygens (including phenoxy) is 6. The highest BCUT2D eigenvalue weighted by atomic mass is 16.7. The zero-order valence-electron chi connectivity index (χ0n) is 28.2. The van der Waals surface area contributed by atoms with Gasteiger partial charge in [0.05, 0.1) is 19.8 Å². The molecule has 6 atom stereocenters. The molecular formula is C39H48O9. The molecule has 3 aromatic rings. The number of esters is 3. The van der Waals surface area contributed by atoms with Crippen LogP contribution in [0.25, 0.3) is 0 Å². The van der Waals surface area contributed by atoms with Crippen LogP contribution < -0.4 is 0 Å². The fourth-order valence-electron chi connectivity index (χ4n) is 5.64. The van der Waals surface area contributed by atoms with Crippen LogP contribution in [-0.4, -0.2) is 54.5 Å². The summed E-state index contributed by atoms with van der Waals surface area (Å²) in [6.07, 6.45) is -4.24. The van der Waals surface area contributed by atoms with E-state index >= 15 is 0 Å². The summed E-state index contributed by atoms with van der Waals surface area (Å²) in [5.74, 6) is -1.42. The molecule has 258 valence electrons. The van der Waals surface area contributed by atoms with Crippen molar-refractivity contribution >= 4 is 17.9 Å². The number of hydrogen-bond acceptors (Lipinski definition) is 9. The van der Waals surface area contributed by atoms with E-state index in [2.05, 4.69) is 0 Å². The number of hydrogen-bond donors (Lipinski definition) is 0. The molecule has 0 saturated heterocycles. The maximum absolute atomic E-state index is 13.2. The van der Waals surface area contributed by atoms with E-state index in [0.717, 1.165) is 16.7 Å². The average Bonchev–Trinajstić information content (AvgIpc) is 3.09. The average molecular weight is 661 g/mol. The van der Waals surface area contributed by atoms with E-state index in [1.807, 2.05) is 112 Å². The molecule has 9 heteroatoms. The van der Waals surface area contributed by atoms with Gasteiger partial charge in [-0.3, -0.25) is 14.4 Å². The quantitative estimate of drug-likeness (QED) is 0.106. The van der Waals surface area contributed by atoms with E-state index in [1.165, 1.54) is 0 Å². The Morgan fingerprint density at radius 3 is 0.938 bits per heavy atom. The first-order valence-corrected chi connectivity index (χ1v) is 17.0. The van der Waals surface area contributed by atoms with E-state index in [4.69, 9.17) is 28.4 Å². The Balaban J connectivity index is 1.82. The Kier molecular flexibility index (Phi) is 15.1. The molecule has 0 aliphatic heterocycles. The van der Waals surface area contributed by atoms with Crippen molar-refractivity contribution in [2.45, 2.75) is 116 Å². The second-order valence-electron chi connectivity index (χ2n) is 11.9. The molecule has 0 bridgehead atoms. The molecular weight excluding hydrogens is 612 g/mol. The molecule has 0 spiro atoms. The van der Waals surface area contributed by atoms with Gasteiger partial charge in [0.25, 0.3) is 0 Å². The third-order valence-electron chi connectivity index (χ3n) is 7.96. The third kappa shape index (κ3) is 11.0. The van der Waals surface area contributed by atoms with Gasteiger partial charge in [0, 0.05) is 19.3 Å². The van der Waals surface area contributed by atoms with Gasteiger partial charge >= 0.3 is 17.9 Å². The fraction of sp³-hybridized carbons (Fsp3) is 0.462. The van der Waals surface area contributed by atoms with Gasteiger partial charge in [0.2, 0.25) is 0 Å². The topological polar surface area (TPSA) is 107 Å². The molecule has 1 aliphatic rings. The van der Waals surface area contributed by atoms with Crippen LogP contribution in [-0.2, 0) is 62.6 Å². The Labute approximate surface area is 283 Å². The second kappa shape index (κ2) is 19.7. The molecule has 0 radical (unpaired) electrons. The van der Waals surface area contributed by atoms with Crippen LogP contribution in [0.2, 0.25) is 0 Å². The van der Waals surface area contributed by atoms with Crippen molar-refractivity contribution in [3.8, 4) is 0 Å². The molecule has 1 fully saturated rings. The van der Waals surface area contributed by atoms with Gasteiger partial charge in [-0.15, -0.1) is 0 Å². The Morgan fingerprint density at radius 1 is 0.417 bits per heavy atom. The Morgan fingerprint density at radius 2 is 0.667 bits per heavy atom. The lowest BCUT2D eigenvalue weighted by molar-refractivity contribution is -0.275. The van der Waals surface area contributed by atoms with E-state index < -0.39 is 54.5 Å². The highest BCUT2D eigenvalue weighted by Gasteiger charge is 2.58. The molecule has 1 aliphatic carbocycles. The fourth-order valence-corrected chi connectivity index (χ4v) is 5.64. The van der Waals surface area contributed by atoms with Gasteiger partial charge in [0.15, 0.2) is 18.3 Å². The van der Waals surface area contributed by atoms with Crippen LogP contribution >= 0.6 is 0 Å². The van der Waals surface area contributed by atoms with Crippen LogP contribution in [0, 0.1) is 0 Å². The molecule has 0 aromatic heterocycles. The Bertz CT molecular complexity index is 1380. The van der Waals surface area contributed by atoms with E-state index in [-0.39, 0.29) is 39.1 Å². The lowest BCUT2D eigenvalue weighted by Crippen LogP contribution is -2.68. The highest BCUT2D eigenvalue weighted by molar-refractivity contribution is 5.71. The maximum Gasteiger partial charge on any atom is 0.306 e. The van der Waals surface area contributed by atoms with Gasteiger partial charge < -0.3 is 28.4 Å². The summed E-state index contributed by atoms with van der Waals surface area (Å²) in [6, 6.07) is 28.7. The van der Waals surface area contributed by atoms with Gasteiger partial charge in [-0.1, -0.05) is 112 Å². The Hall–Kier alpha value is -4.05. The smallest absolute Gasteiger partial charge is 0.306 e. The first-order chi connectivity index (χ1) is 23.4. The van der Waals surface area contributed by atoms with Crippen molar-refractivity contribution in [1.29, 1.82) is 0 Å². The summed E-state index contributed by atoms with van der Waals surface area (Å²) in [5, 5.41) is 0. The summed E-state index contributed by atoms with van der Waals surface area (Å²) >= 11 is 0. The van der Waals surface area contributed by atoms with Crippen LogP contribution in [0.3, 0.4) is 0 Å².